The summed E-state index contributed by atoms with van der Waals surface area (Å²) in [5, 5.41) is 3.68. The second kappa shape index (κ2) is 12.1. The molecule has 2 amide bonds. The molecule has 0 fully saturated rings. The van der Waals surface area contributed by atoms with Crippen LogP contribution in [0, 0.1) is 0 Å². The number of carbonyl (C=O) groups is 2. The van der Waals surface area contributed by atoms with Crippen LogP contribution in [0.4, 0.5) is 0 Å². The molecule has 0 saturated heterocycles. The minimum Gasteiger partial charge on any atom is -0.350 e. The predicted molar refractivity (Wildman–Crippen MR) is 129 cm³/mol. The number of carbonyl (C=O) groups excluding carboxylic acids is 2. The summed E-state index contributed by atoms with van der Waals surface area (Å²) in [5.41, 5.74) is 2.97. The monoisotopic (exact) mass is 448 g/mol. The molecule has 3 aromatic carbocycles. The zero-order chi connectivity index (χ0) is 22.8. The topological polar surface area (TPSA) is 49.4 Å². The van der Waals surface area contributed by atoms with E-state index in [-0.39, 0.29) is 11.8 Å². The van der Waals surface area contributed by atoms with Gasteiger partial charge in [-0.3, -0.25) is 9.59 Å². The van der Waals surface area contributed by atoms with Crippen molar-refractivity contribution in [1.82, 2.24) is 10.2 Å². The molecule has 1 atom stereocenters. The Hall–Kier alpha value is -3.11. The summed E-state index contributed by atoms with van der Waals surface area (Å²) < 4.78 is 0. The fraction of sp³-hybridized carbons (Fsp3) is 0.259. The minimum absolute atomic E-state index is 0.0294. The molecule has 166 valence electrons. The van der Waals surface area contributed by atoms with Gasteiger partial charge in [0.1, 0.15) is 6.04 Å². The summed E-state index contributed by atoms with van der Waals surface area (Å²) in [6, 6.07) is 26.4. The summed E-state index contributed by atoms with van der Waals surface area (Å²) in [6.07, 6.45) is 1.56. The van der Waals surface area contributed by atoms with Crippen LogP contribution in [0.2, 0.25) is 5.02 Å². The molecule has 0 bridgehead atoms. The molecule has 5 heteroatoms. The van der Waals surface area contributed by atoms with Crippen molar-refractivity contribution in [3.05, 3.63) is 107 Å². The molecule has 1 N–H and O–H groups in total. The molecule has 0 unspecified atom stereocenters. The van der Waals surface area contributed by atoms with Crippen molar-refractivity contribution in [2.45, 2.75) is 45.3 Å². The van der Waals surface area contributed by atoms with Gasteiger partial charge in [0.2, 0.25) is 11.8 Å². The van der Waals surface area contributed by atoms with Gasteiger partial charge in [0, 0.05) is 31.0 Å². The molecule has 4 nitrogen and oxygen atoms in total. The maximum Gasteiger partial charge on any atom is 0.243 e. The summed E-state index contributed by atoms with van der Waals surface area (Å²) in [4.78, 5) is 28.2. The molecule has 0 radical (unpaired) electrons. The summed E-state index contributed by atoms with van der Waals surface area (Å²) in [7, 11) is 0. The number of rotatable bonds is 10. The smallest absolute Gasteiger partial charge is 0.243 e. The molecule has 3 rings (SSSR count). The molecule has 0 aromatic heterocycles. The Morgan fingerprint density at radius 1 is 0.844 bits per heavy atom. The Kier molecular flexibility index (Phi) is 8.88. The normalized spacial score (nSPS) is 11.6. The van der Waals surface area contributed by atoms with E-state index in [1.54, 1.807) is 17.0 Å². The molecule has 0 aliphatic rings. The van der Waals surface area contributed by atoms with Gasteiger partial charge in [-0.2, -0.15) is 0 Å². The highest BCUT2D eigenvalue weighted by atomic mass is 35.5. The number of nitrogens with zero attached hydrogens (tertiary/aromatic N) is 1. The van der Waals surface area contributed by atoms with E-state index in [4.69, 9.17) is 11.6 Å². The molecule has 0 saturated carbocycles. The highest BCUT2D eigenvalue weighted by Gasteiger charge is 2.29. The van der Waals surface area contributed by atoms with Crippen molar-refractivity contribution in [1.29, 1.82) is 0 Å². The van der Waals surface area contributed by atoms with Crippen molar-refractivity contribution in [3.63, 3.8) is 0 Å². The first-order chi connectivity index (χ1) is 15.6. The molecule has 0 heterocycles. The van der Waals surface area contributed by atoms with Crippen molar-refractivity contribution in [2.24, 2.45) is 0 Å². The fourth-order valence-electron chi connectivity index (χ4n) is 3.60. The third-order valence-electron chi connectivity index (χ3n) is 5.31. The van der Waals surface area contributed by atoms with Gasteiger partial charge in [0.15, 0.2) is 0 Å². The highest BCUT2D eigenvalue weighted by Crippen LogP contribution is 2.18. The van der Waals surface area contributed by atoms with Gasteiger partial charge in [-0.05, 0) is 35.2 Å². The van der Waals surface area contributed by atoms with Crippen molar-refractivity contribution >= 4 is 23.4 Å². The minimum atomic E-state index is -0.615. The lowest BCUT2D eigenvalue weighted by Crippen LogP contribution is -2.50. The van der Waals surface area contributed by atoms with E-state index in [1.807, 2.05) is 79.7 Å². The summed E-state index contributed by atoms with van der Waals surface area (Å²) >= 11 is 6.04. The van der Waals surface area contributed by atoms with Crippen LogP contribution in [-0.2, 0) is 29.1 Å². The summed E-state index contributed by atoms with van der Waals surface area (Å²) in [5.74, 6) is -0.186. The van der Waals surface area contributed by atoms with Crippen LogP contribution >= 0.6 is 11.6 Å². The molecular formula is C27H29ClN2O2. The van der Waals surface area contributed by atoms with E-state index in [0.29, 0.717) is 31.0 Å². The second-order valence-electron chi connectivity index (χ2n) is 7.81. The molecule has 0 spiro atoms. The number of hydrogen-bond acceptors (Lipinski definition) is 2. The Balaban J connectivity index is 1.87. The lowest BCUT2D eigenvalue weighted by molar-refractivity contribution is -0.141. The van der Waals surface area contributed by atoms with Crippen LogP contribution in [0.1, 0.15) is 36.5 Å². The molecular weight excluding hydrogens is 420 g/mol. The fourth-order valence-corrected chi connectivity index (χ4v) is 3.73. The molecule has 0 aliphatic heterocycles. The number of hydrogen-bond donors (Lipinski definition) is 1. The first-order valence-corrected chi connectivity index (χ1v) is 11.3. The van der Waals surface area contributed by atoms with Crippen LogP contribution in [0.15, 0.2) is 84.9 Å². The van der Waals surface area contributed by atoms with Gasteiger partial charge < -0.3 is 10.2 Å². The zero-order valence-corrected chi connectivity index (χ0v) is 19.1. The lowest BCUT2D eigenvalue weighted by Gasteiger charge is -2.31. The summed E-state index contributed by atoms with van der Waals surface area (Å²) in [6.45, 7) is 2.74. The van der Waals surface area contributed by atoms with Crippen LogP contribution in [0.5, 0.6) is 0 Å². The Labute approximate surface area is 195 Å². The van der Waals surface area contributed by atoms with Crippen molar-refractivity contribution < 1.29 is 9.59 Å². The average molecular weight is 449 g/mol. The average Bonchev–Trinajstić information content (AvgIpc) is 2.82. The first-order valence-electron chi connectivity index (χ1n) is 11.0. The number of halogens is 1. The molecule has 0 aliphatic carbocycles. The molecule has 32 heavy (non-hydrogen) atoms. The highest BCUT2D eigenvalue weighted by molar-refractivity contribution is 6.30. The van der Waals surface area contributed by atoms with E-state index in [2.05, 4.69) is 5.32 Å². The number of nitrogens with one attached hydrogen (secondary N) is 1. The van der Waals surface area contributed by atoms with Gasteiger partial charge >= 0.3 is 0 Å². The van der Waals surface area contributed by atoms with Crippen LogP contribution < -0.4 is 5.32 Å². The third kappa shape index (κ3) is 6.96. The zero-order valence-electron chi connectivity index (χ0n) is 18.3. The van der Waals surface area contributed by atoms with E-state index in [9.17, 15) is 9.59 Å². The van der Waals surface area contributed by atoms with Crippen molar-refractivity contribution in [2.75, 3.05) is 0 Å². The van der Waals surface area contributed by atoms with Gasteiger partial charge in [-0.15, -0.1) is 0 Å². The number of amides is 2. The lowest BCUT2D eigenvalue weighted by atomic mass is 10.0. The van der Waals surface area contributed by atoms with E-state index >= 15 is 0 Å². The quantitative estimate of drug-likeness (QED) is 0.451. The van der Waals surface area contributed by atoms with Crippen LogP contribution in [-0.4, -0.2) is 22.8 Å². The Morgan fingerprint density at radius 2 is 1.44 bits per heavy atom. The largest absolute Gasteiger partial charge is 0.350 e. The third-order valence-corrected chi connectivity index (χ3v) is 5.56. The first kappa shape index (κ1) is 23.6. The maximum atomic E-state index is 13.4. The number of benzene rings is 3. The Morgan fingerprint density at radius 3 is 2.03 bits per heavy atom. The Bertz CT molecular complexity index is 991. The van der Waals surface area contributed by atoms with Crippen LogP contribution in [0.3, 0.4) is 0 Å². The SMILES string of the molecule is CCCC(=O)N(Cc1ccc(Cl)cc1)[C@H](Cc1ccccc1)C(=O)NCc1ccccc1. The maximum absolute atomic E-state index is 13.4. The van der Waals surface area contributed by atoms with E-state index in [1.165, 1.54) is 0 Å². The van der Waals surface area contributed by atoms with Gasteiger partial charge in [0.25, 0.3) is 0 Å². The van der Waals surface area contributed by atoms with E-state index < -0.39 is 6.04 Å². The second-order valence-corrected chi connectivity index (χ2v) is 8.24. The standard InChI is InChI=1S/C27H29ClN2O2/c1-2-9-26(31)30(20-23-14-16-24(28)17-15-23)25(18-21-10-5-3-6-11-21)27(32)29-19-22-12-7-4-8-13-22/h3-8,10-17,25H,2,9,18-20H2,1H3,(H,29,32)/t25-/m1/s1. The van der Waals surface area contributed by atoms with E-state index in [0.717, 1.165) is 23.1 Å². The van der Waals surface area contributed by atoms with Gasteiger partial charge in [-0.25, -0.2) is 0 Å². The van der Waals surface area contributed by atoms with Gasteiger partial charge in [-0.1, -0.05) is 91.3 Å². The predicted octanol–water partition coefficient (Wildman–Crippen LogP) is 5.40. The van der Waals surface area contributed by atoms with Gasteiger partial charge in [0.05, 0.1) is 0 Å². The van der Waals surface area contributed by atoms with Crippen molar-refractivity contribution in [3.8, 4) is 0 Å². The molecule has 3 aromatic rings. The van der Waals surface area contributed by atoms with Crippen LogP contribution in [0.25, 0.3) is 0 Å².